The van der Waals surface area contributed by atoms with E-state index in [1.807, 2.05) is 38.1 Å². The van der Waals surface area contributed by atoms with Gasteiger partial charge in [-0.05, 0) is 49.6 Å². The number of aliphatic hydroxyl groups is 1. The van der Waals surface area contributed by atoms with Gasteiger partial charge in [0.2, 0.25) is 0 Å². The molecule has 2 aliphatic heterocycles. The second-order valence-electron chi connectivity index (χ2n) is 9.18. The number of Topliss-reactive ketones (excluding diaryl/α,β-unsaturated/α-hetero) is 1. The quantitative estimate of drug-likeness (QED) is 0.279. The van der Waals surface area contributed by atoms with Crippen LogP contribution in [-0.2, 0) is 14.3 Å². The molecular weight excluding hydrogens is 472 g/mol. The SMILES string of the molecule is CCCOc1cccc(C2/C(=C(\O)c3cccc(OCC)c3)C(=O)C(=O)N2CCCN2CCOCC2)c1. The molecule has 2 aliphatic rings. The van der Waals surface area contributed by atoms with Gasteiger partial charge in [-0.1, -0.05) is 31.2 Å². The van der Waals surface area contributed by atoms with Gasteiger partial charge in [-0.3, -0.25) is 14.5 Å². The number of carbonyl (C=O) groups is 2. The molecule has 0 saturated carbocycles. The van der Waals surface area contributed by atoms with Crippen LogP contribution in [0.15, 0.2) is 54.1 Å². The first kappa shape index (κ1) is 26.7. The van der Waals surface area contributed by atoms with E-state index in [1.54, 1.807) is 29.2 Å². The van der Waals surface area contributed by atoms with Crippen LogP contribution in [0.2, 0.25) is 0 Å². The summed E-state index contributed by atoms with van der Waals surface area (Å²) in [7, 11) is 0. The van der Waals surface area contributed by atoms with Gasteiger partial charge in [0, 0.05) is 31.7 Å². The van der Waals surface area contributed by atoms with Crippen LogP contribution in [0.25, 0.3) is 5.76 Å². The van der Waals surface area contributed by atoms with E-state index in [4.69, 9.17) is 14.2 Å². The van der Waals surface area contributed by atoms with Gasteiger partial charge in [-0.2, -0.15) is 0 Å². The molecule has 8 heteroatoms. The Hall–Kier alpha value is -3.36. The van der Waals surface area contributed by atoms with Crippen molar-refractivity contribution in [2.24, 2.45) is 0 Å². The second kappa shape index (κ2) is 12.7. The molecule has 1 N–H and O–H groups in total. The molecule has 2 saturated heterocycles. The molecule has 2 fully saturated rings. The molecule has 2 aromatic rings. The predicted octanol–water partition coefficient (Wildman–Crippen LogP) is 4.02. The lowest BCUT2D eigenvalue weighted by Crippen LogP contribution is -2.38. The molecule has 4 rings (SSSR count). The van der Waals surface area contributed by atoms with Gasteiger partial charge in [0.05, 0.1) is 38.0 Å². The lowest BCUT2D eigenvalue weighted by molar-refractivity contribution is -0.140. The summed E-state index contributed by atoms with van der Waals surface area (Å²) < 4.78 is 16.8. The summed E-state index contributed by atoms with van der Waals surface area (Å²) in [6.07, 6.45) is 1.57. The second-order valence-corrected chi connectivity index (χ2v) is 9.18. The lowest BCUT2D eigenvalue weighted by Gasteiger charge is -2.29. The van der Waals surface area contributed by atoms with Crippen LogP contribution >= 0.6 is 0 Å². The lowest BCUT2D eigenvalue weighted by atomic mass is 9.95. The molecule has 0 radical (unpaired) electrons. The first-order valence-corrected chi connectivity index (χ1v) is 13.1. The summed E-state index contributed by atoms with van der Waals surface area (Å²) in [5, 5.41) is 11.4. The molecule has 37 heavy (non-hydrogen) atoms. The number of carbonyl (C=O) groups excluding carboxylic acids is 2. The van der Waals surface area contributed by atoms with Gasteiger partial charge in [-0.25, -0.2) is 0 Å². The van der Waals surface area contributed by atoms with Crippen LogP contribution in [0.4, 0.5) is 0 Å². The van der Waals surface area contributed by atoms with Gasteiger partial charge in [0.25, 0.3) is 11.7 Å². The van der Waals surface area contributed by atoms with Crippen molar-refractivity contribution in [2.75, 3.05) is 52.6 Å². The highest BCUT2D eigenvalue weighted by atomic mass is 16.5. The van der Waals surface area contributed by atoms with Gasteiger partial charge in [0.1, 0.15) is 17.3 Å². The Morgan fingerprint density at radius 3 is 2.46 bits per heavy atom. The zero-order valence-electron chi connectivity index (χ0n) is 21.7. The van der Waals surface area contributed by atoms with Crippen molar-refractivity contribution in [3.8, 4) is 11.5 Å². The summed E-state index contributed by atoms with van der Waals surface area (Å²) in [4.78, 5) is 30.5. The molecule has 0 spiro atoms. The zero-order chi connectivity index (χ0) is 26.2. The number of hydrogen-bond acceptors (Lipinski definition) is 7. The third-order valence-electron chi connectivity index (χ3n) is 6.58. The normalized spacial score (nSPS) is 19.8. The van der Waals surface area contributed by atoms with Gasteiger partial charge < -0.3 is 24.2 Å². The molecule has 0 bridgehead atoms. The number of hydrogen-bond donors (Lipinski definition) is 1. The molecule has 1 atom stereocenters. The molecule has 8 nitrogen and oxygen atoms in total. The maximum Gasteiger partial charge on any atom is 0.295 e. The van der Waals surface area contributed by atoms with Crippen molar-refractivity contribution in [3.05, 3.63) is 65.2 Å². The maximum absolute atomic E-state index is 13.3. The smallest absolute Gasteiger partial charge is 0.295 e. The van der Waals surface area contributed by atoms with E-state index in [1.165, 1.54) is 0 Å². The van der Waals surface area contributed by atoms with Crippen LogP contribution in [0, 0.1) is 0 Å². The average Bonchev–Trinajstić information content (AvgIpc) is 3.17. The Kier molecular flexibility index (Phi) is 9.19. The highest BCUT2D eigenvalue weighted by Crippen LogP contribution is 2.40. The standard InChI is InChI=1S/C29H36N2O6/c1-3-16-37-24-11-5-8-21(19-24)26-25(27(32)22-9-6-10-23(20-22)36-4-2)28(33)29(34)31(26)13-7-12-30-14-17-35-18-15-30/h5-6,8-11,19-20,26,32H,3-4,7,12-18H2,1-2H3/b27-25+. The van der Waals surface area contributed by atoms with Crippen LogP contribution in [0.3, 0.4) is 0 Å². The molecule has 0 aromatic heterocycles. The molecule has 0 aliphatic carbocycles. The highest BCUT2D eigenvalue weighted by Gasteiger charge is 2.46. The number of likely N-dealkylation sites (tertiary alicyclic amines) is 1. The Morgan fingerprint density at radius 2 is 1.73 bits per heavy atom. The monoisotopic (exact) mass is 508 g/mol. The number of rotatable bonds is 11. The topological polar surface area (TPSA) is 88.5 Å². The fourth-order valence-corrected chi connectivity index (χ4v) is 4.80. The van der Waals surface area contributed by atoms with E-state index in [2.05, 4.69) is 4.90 Å². The Labute approximate surface area is 218 Å². The van der Waals surface area contributed by atoms with Crippen molar-refractivity contribution in [2.45, 2.75) is 32.7 Å². The highest BCUT2D eigenvalue weighted by molar-refractivity contribution is 6.46. The number of amides is 1. The summed E-state index contributed by atoms with van der Waals surface area (Å²) in [5.41, 5.74) is 1.24. The minimum Gasteiger partial charge on any atom is -0.507 e. The maximum atomic E-state index is 13.3. The molecular formula is C29H36N2O6. The minimum absolute atomic E-state index is 0.0812. The number of ketones is 1. The van der Waals surface area contributed by atoms with Crippen molar-refractivity contribution in [3.63, 3.8) is 0 Å². The van der Waals surface area contributed by atoms with Gasteiger partial charge in [0.15, 0.2) is 0 Å². The number of nitrogens with zero attached hydrogens (tertiary/aromatic N) is 2. The van der Waals surface area contributed by atoms with Gasteiger partial charge >= 0.3 is 0 Å². The molecule has 1 unspecified atom stereocenters. The number of benzene rings is 2. The fraction of sp³-hybridized carbons (Fsp3) is 0.448. The Balaban J connectivity index is 1.69. The number of ether oxygens (including phenoxy) is 3. The van der Waals surface area contributed by atoms with E-state index < -0.39 is 17.7 Å². The van der Waals surface area contributed by atoms with Crippen molar-refractivity contribution in [1.82, 2.24) is 9.80 Å². The van der Waals surface area contributed by atoms with E-state index in [-0.39, 0.29) is 11.3 Å². The Bertz CT molecular complexity index is 1120. The predicted molar refractivity (Wildman–Crippen MR) is 141 cm³/mol. The van der Waals surface area contributed by atoms with Gasteiger partial charge in [-0.15, -0.1) is 0 Å². The third-order valence-corrected chi connectivity index (χ3v) is 6.58. The van der Waals surface area contributed by atoms with Crippen molar-refractivity contribution in [1.29, 1.82) is 0 Å². The van der Waals surface area contributed by atoms with E-state index in [0.717, 1.165) is 31.6 Å². The summed E-state index contributed by atoms with van der Waals surface area (Å²) >= 11 is 0. The minimum atomic E-state index is -0.717. The van der Waals surface area contributed by atoms with E-state index in [0.29, 0.717) is 56.5 Å². The molecule has 1 amide bonds. The molecule has 2 aromatic carbocycles. The molecule has 2 heterocycles. The first-order chi connectivity index (χ1) is 18.0. The fourth-order valence-electron chi connectivity index (χ4n) is 4.80. The molecule has 198 valence electrons. The van der Waals surface area contributed by atoms with Crippen LogP contribution in [0.1, 0.15) is 43.9 Å². The van der Waals surface area contributed by atoms with E-state index in [9.17, 15) is 14.7 Å². The summed E-state index contributed by atoms with van der Waals surface area (Å²) in [6.45, 7) is 9.26. The third kappa shape index (κ3) is 6.32. The van der Waals surface area contributed by atoms with Crippen LogP contribution < -0.4 is 9.47 Å². The van der Waals surface area contributed by atoms with Crippen LogP contribution in [0.5, 0.6) is 11.5 Å². The Morgan fingerprint density at radius 1 is 1.00 bits per heavy atom. The average molecular weight is 509 g/mol. The summed E-state index contributed by atoms with van der Waals surface area (Å²) in [5.74, 6) is -0.250. The largest absolute Gasteiger partial charge is 0.507 e. The van der Waals surface area contributed by atoms with E-state index >= 15 is 0 Å². The number of aliphatic hydroxyl groups excluding tert-OH is 1. The summed E-state index contributed by atoms with van der Waals surface area (Å²) in [6, 6.07) is 13.6. The first-order valence-electron chi connectivity index (χ1n) is 13.1. The van der Waals surface area contributed by atoms with Crippen LogP contribution in [-0.4, -0.2) is 79.2 Å². The zero-order valence-corrected chi connectivity index (χ0v) is 21.7. The number of morpholine rings is 1. The van der Waals surface area contributed by atoms with Crippen molar-refractivity contribution < 1.29 is 28.9 Å². The van der Waals surface area contributed by atoms with Crippen molar-refractivity contribution >= 4 is 17.4 Å².